The van der Waals surface area contributed by atoms with Crippen LogP contribution in [0.5, 0.6) is 0 Å². The molecule has 0 aliphatic carbocycles. The van der Waals surface area contributed by atoms with Crippen molar-refractivity contribution in [3.63, 3.8) is 0 Å². The van der Waals surface area contributed by atoms with Gasteiger partial charge in [-0.05, 0) is 23.1 Å². The van der Waals surface area contributed by atoms with Gasteiger partial charge in [-0.15, -0.1) is 11.3 Å². The smallest absolute Gasteiger partial charge is 0.0977 e. The van der Waals surface area contributed by atoms with Crippen molar-refractivity contribution in [1.29, 1.82) is 0 Å². The van der Waals surface area contributed by atoms with Crippen LogP contribution in [0, 0.1) is 0 Å². The fraction of sp³-hybridized carbons (Fsp3) is 0.250. The van der Waals surface area contributed by atoms with Crippen molar-refractivity contribution in [1.82, 2.24) is 4.98 Å². The largest absolute Gasteiger partial charge is 0.387 e. The Morgan fingerprint density at radius 1 is 1.47 bits per heavy atom. The van der Waals surface area contributed by atoms with Crippen LogP contribution in [0.1, 0.15) is 22.5 Å². The van der Waals surface area contributed by atoms with Crippen molar-refractivity contribution in [3.05, 3.63) is 51.4 Å². The van der Waals surface area contributed by atoms with Gasteiger partial charge in [-0.3, -0.25) is 4.98 Å². The van der Waals surface area contributed by atoms with E-state index in [0.29, 0.717) is 11.6 Å². The van der Waals surface area contributed by atoms with Crippen LogP contribution < -0.4 is 5.73 Å². The number of pyridine rings is 1. The highest BCUT2D eigenvalue weighted by Crippen LogP contribution is 2.36. The summed E-state index contributed by atoms with van der Waals surface area (Å²) in [5.41, 5.74) is 6.66. The van der Waals surface area contributed by atoms with Crippen LogP contribution >= 0.6 is 22.9 Å². The molecule has 3 N–H and O–H groups in total. The molecule has 5 heteroatoms. The topological polar surface area (TPSA) is 59.1 Å². The summed E-state index contributed by atoms with van der Waals surface area (Å²) in [7, 11) is 0. The fourth-order valence-electron chi connectivity index (χ4n) is 1.74. The van der Waals surface area contributed by atoms with Gasteiger partial charge in [0, 0.05) is 24.9 Å². The zero-order valence-electron chi connectivity index (χ0n) is 9.08. The summed E-state index contributed by atoms with van der Waals surface area (Å²) in [6.07, 6.45) is 2.74. The van der Waals surface area contributed by atoms with E-state index in [-0.39, 0.29) is 5.92 Å². The Labute approximate surface area is 109 Å². The molecule has 0 aromatic carbocycles. The lowest BCUT2D eigenvalue weighted by Crippen LogP contribution is -2.19. The molecule has 0 saturated carbocycles. The Kier molecular flexibility index (Phi) is 4.12. The van der Waals surface area contributed by atoms with E-state index in [1.807, 2.05) is 17.5 Å². The second-order valence-corrected chi connectivity index (χ2v) is 5.06. The molecule has 17 heavy (non-hydrogen) atoms. The van der Waals surface area contributed by atoms with E-state index < -0.39 is 6.10 Å². The lowest BCUT2D eigenvalue weighted by molar-refractivity contribution is 0.151. The molecule has 0 aliphatic heterocycles. The fourth-order valence-corrected chi connectivity index (χ4v) is 2.96. The van der Waals surface area contributed by atoms with Gasteiger partial charge in [-0.1, -0.05) is 17.7 Å². The Morgan fingerprint density at radius 3 is 2.82 bits per heavy atom. The minimum absolute atomic E-state index is 0.181. The van der Waals surface area contributed by atoms with Crippen molar-refractivity contribution >= 4 is 22.9 Å². The molecule has 0 aliphatic rings. The first-order valence-corrected chi connectivity index (χ1v) is 6.50. The predicted molar refractivity (Wildman–Crippen MR) is 70.3 cm³/mol. The highest BCUT2D eigenvalue weighted by atomic mass is 35.5. The normalized spacial score (nSPS) is 14.5. The molecule has 2 unspecified atom stereocenters. The van der Waals surface area contributed by atoms with Crippen LogP contribution in [0.2, 0.25) is 5.02 Å². The van der Waals surface area contributed by atoms with Crippen LogP contribution in [0.15, 0.2) is 36.0 Å². The average Bonchev–Trinajstić information content (AvgIpc) is 2.77. The highest BCUT2D eigenvalue weighted by molar-refractivity contribution is 7.10. The Morgan fingerprint density at radius 2 is 2.29 bits per heavy atom. The minimum atomic E-state index is -0.684. The van der Waals surface area contributed by atoms with Crippen LogP contribution in [-0.4, -0.2) is 16.6 Å². The molecule has 0 bridgehead atoms. The van der Waals surface area contributed by atoms with Crippen molar-refractivity contribution < 1.29 is 5.11 Å². The summed E-state index contributed by atoms with van der Waals surface area (Å²) >= 11 is 7.46. The van der Waals surface area contributed by atoms with Crippen LogP contribution in [-0.2, 0) is 0 Å². The number of rotatable bonds is 4. The third-order valence-electron chi connectivity index (χ3n) is 2.66. The zero-order valence-corrected chi connectivity index (χ0v) is 10.7. The summed E-state index contributed by atoms with van der Waals surface area (Å²) < 4.78 is 0. The van der Waals surface area contributed by atoms with Gasteiger partial charge in [0.15, 0.2) is 0 Å². The summed E-state index contributed by atoms with van der Waals surface area (Å²) in [5.74, 6) is -0.181. The molecular formula is C12H13ClN2OS. The first-order chi connectivity index (χ1) is 8.24. The third-order valence-corrected chi connectivity index (χ3v) is 4.09. The molecule has 0 spiro atoms. The van der Waals surface area contributed by atoms with E-state index in [1.54, 1.807) is 18.5 Å². The second kappa shape index (κ2) is 5.60. The molecule has 2 rings (SSSR count). The molecule has 2 heterocycles. The minimum Gasteiger partial charge on any atom is -0.387 e. The maximum atomic E-state index is 10.3. The van der Waals surface area contributed by atoms with Gasteiger partial charge in [-0.25, -0.2) is 0 Å². The molecule has 0 saturated heterocycles. The molecule has 0 radical (unpaired) electrons. The number of aliphatic hydroxyl groups is 1. The third kappa shape index (κ3) is 2.66. The summed E-state index contributed by atoms with van der Waals surface area (Å²) in [5, 5.41) is 12.8. The van der Waals surface area contributed by atoms with Gasteiger partial charge in [-0.2, -0.15) is 0 Å². The lowest BCUT2D eigenvalue weighted by atomic mass is 9.94. The maximum Gasteiger partial charge on any atom is 0.0977 e. The summed E-state index contributed by atoms with van der Waals surface area (Å²) in [6, 6.07) is 5.53. The van der Waals surface area contributed by atoms with E-state index in [4.69, 9.17) is 17.3 Å². The van der Waals surface area contributed by atoms with Gasteiger partial charge >= 0.3 is 0 Å². The quantitative estimate of drug-likeness (QED) is 0.896. The number of hydrogen-bond acceptors (Lipinski definition) is 4. The number of hydrogen-bond donors (Lipinski definition) is 2. The average molecular weight is 269 g/mol. The maximum absolute atomic E-state index is 10.3. The summed E-state index contributed by atoms with van der Waals surface area (Å²) in [4.78, 5) is 4.80. The molecule has 2 atom stereocenters. The zero-order chi connectivity index (χ0) is 12.3. The number of nitrogens with two attached hydrogens (primary N) is 1. The van der Waals surface area contributed by atoms with Crippen LogP contribution in [0.25, 0.3) is 0 Å². The molecule has 3 nitrogen and oxygen atoms in total. The standard InChI is InChI=1S/C12H13ClN2OS/c13-10-3-5-17-12(10)11(16)9(6-14)8-2-1-4-15-7-8/h1-5,7,9,11,16H,6,14H2. The number of aliphatic hydroxyl groups excluding tert-OH is 1. The van der Waals surface area contributed by atoms with Crippen molar-refractivity contribution in [3.8, 4) is 0 Å². The van der Waals surface area contributed by atoms with Crippen LogP contribution in [0.4, 0.5) is 0 Å². The van der Waals surface area contributed by atoms with Gasteiger partial charge in [0.25, 0.3) is 0 Å². The van der Waals surface area contributed by atoms with E-state index in [2.05, 4.69) is 4.98 Å². The SMILES string of the molecule is NCC(c1cccnc1)C(O)c1sccc1Cl. The second-order valence-electron chi connectivity index (χ2n) is 3.71. The van der Waals surface area contributed by atoms with Crippen LogP contribution in [0.3, 0.4) is 0 Å². The first kappa shape index (κ1) is 12.5. The number of halogens is 1. The first-order valence-electron chi connectivity index (χ1n) is 5.25. The number of nitrogens with zero attached hydrogens (tertiary/aromatic N) is 1. The van der Waals surface area contributed by atoms with Gasteiger partial charge in [0.1, 0.15) is 0 Å². The van der Waals surface area contributed by atoms with E-state index >= 15 is 0 Å². The van der Waals surface area contributed by atoms with Gasteiger partial charge < -0.3 is 10.8 Å². The summed E-state index contributed by atoms with van der Waals surface area (Å²) in [6.45, 7) is 0.348. The van der Waals surface area contributed by atoms with E-state index in [9.17, 15) is 5.11 Å². The van der Waals surface area contributed by atoms with E-state index in [0.717, 1.165) is 10.4 Å². The molecule has 0 amide bonds. The Balaban J connectivity index is 2.28. The van der Waals surface area contributed by atoms with E-state index in [1.165, 1.54) is 11.3 Å². The lowest BCUT2D eigenvalue weighted by Gasteiger charge is -2.20. The highest BCUT2D eigenvalue weighted by Gasteiger charge is 2.24. The number of aromatic nitrogens is 1. The molecular weight excluding hydrogens is 256 g/mol. The van der Waals surface area contributed by atoms with Crippen molar-refractivity contribution in [2.75, 3.05) is 6.54 Å². The van der Waals surface area contributed by atoms with Gasteiger partial charge in [0.05, 0.1) is 16.0 Å². The Bertz CT molecular complexity index is 474. The Hall–Kier alpha value is -0.940. The number of thiophene rings is 1. The monoisotopic (exact) mass is 268 g/mol. The van der Waals surface area contributed by atoms with Crippen molar-refractivity contribution in [2.45, 2.75) is 12.0 Å². The molecule has 0 fully saturated rings. The molecule has 2 aromatic rings. The predicted octanol–water partition coefficient (Wildman–Crippen LogP) is 2.57. The molecule has 90 valence electrons. The van der Waals surface area contributed by atoms with Crippen molar-refractivity contribution in [2.24, 2.45) is 5.73 Å². The van der Waals surface area contributed by atoms with Gasteiger partial charge in [0.2, 0.25) is 0 Å². The molecule has 2 aromatic heterocycles.